The smallest absolute Gasteiger partial charge is 0.0820 e. The molecule has 0 spiro atoms. The summed E-state index contributed by atoms with van der Waals surface area (Å²) in [6.07, 6.45) is 5.27. The van der Waals surface area contributed by atoms with Crippen LogP contribution >= 0.6 is 0 Å². The van der Waals surface area contributed by atoms with Gasteiger partial charge in [0.1, 0.15) is 0 Å². The molecule has 0 aliphatic carbocycles. The van der Waals surface area contributed by atoms with Crippen molar-refractivity contribution in [1.82, 2.24) is 9.78 Å². The Morgan fingerprint density at radius 1 is 1.44 bits per heavy atom. The van der Waals surface area contributed by atoms with Gasteiger partial charge in [0.2, 0.25) is 0 Å². The predicted molar refractivity (Wildman–Crippen MR) is 65.0 cm³/mol. The highest BCUT2D eigenvalue weighted by Gasteiger charge is 2.38. The van der Waals surface area contributed by atoms with Gasteiger partial charge >= 0.3 is 0 Å². The lowest BCUT2D eigenvalue weighted by Gasteiger charge is -2.39. The van der Waals surface area contributed by atoms with Crippen molar-refractivity contribution in [1.29, 1.82) is 0 Å². The summed E-state index contributed by atoms with van der Waals surface area (Å²) in [4.78, 5) is 0. The molecular weight excluding hydrogens is 202 g/mol. The average molecular weight is 225 g/mol. The fourth-order valence-corrected chi connectivity index (χ4v) is 1.74. The van der Waals surface area contributed by atoms with Crippen LogP contribution in [0.1, 0.15) is 32.8 Å². The number of aryl methyl sites for hydroxylation is 2. The SMILES string of the molecule is Cn1cc(CCC(O)(CN)C(C)(C)C)cn1. The summed E-state index contributed by atoms with van der Waals surface area (Å²) in [7, 11) is 1.89. The van der Waals surface area contributed by atoms with E-state index in [2.05, 4.69) is 5.10 Å². The maximum atomic E-state index is 10.5. The molecule has 0 fully saturated rings. The molecule has 0 aliphatic heterocycles. The van der Waals surface area contributed by atoms with Gasteiger partial charge in [0, 0.05) is 19.8 Å². The van der Waals surface area contributed by atoms with Crippen molar-refractivity contribution in [2.75, 3.05) is 6.54 Å². The number of nitrogens with zero attached hydrogens (tertiary/aromatic N) is 2. The van der Waals surface area contributed by atoms with Gasteiger partial charge in [-0.2, -0.15) is 5.10 Å². The Labute approximate surface area is 97.5 Å². The van der Waals surface area contributed by atoms with E-state index in [9.17, 15) is 5.11 Å². The van der Waals surface area contributed by atoms with E-state index in [1.54, 1.807) is 4.68 Å². The van der Waals surface area contributed by atoms with Crippen LogP contribution in [-0.4, -0.2) is 27.0 Å². The number of hydrogen-bond acceptors (Lipinski definition) is 3. The monoisotopic (exact) mass is 225 g/mol. The second kappa shape index (κ2) is 4.55. The van der Waals surface area contributed by atoms with E-state index in [0.717, 1.165) is 12.0 Å². The molecule has 0 saturated heterocycles. The molecule has 1 rings (SSSR count). The van der Waals surface area contributed by atoms with Crippen molar-refractivity contribution in [2.45, 2.75) is 39.2 Å². The normalized spacial score (nSPS) is 16.1. The van der Waals surface area contributed by atoms with Crippen molar-refractivity contribution in [2.24, 2.45) is 18.2 Å². The topological polar surface area (TPSA) is 64.1 Å². The Kier molecular flexibility index (Phi) is 3.76. The molecule has 4 heteroatoms. The number of aromatic nitrogens is 2. The van der Waals surface area contributed by atoms with Crippen molar-refractivity contribution in [3.05, 3.63) is 18.0 Å². The summed E-state index contributed by atoms with van der Waals surface area (Å²) in [6, 6.07) is 0. The van der Waals surface area contributed by atoms with Crippen molar-refractivity contribution >= 4 is 0 Å². The van der Waals surface area contributed by atoms with Gasteiger partial charge in [-0.1, -0.05) is 20.8 Å². The summed E-state index contributed by atoms with van der Waals surface area (Å²) in [6.45, 7) is 6.34. The molecule has 0 aromatic carbocycles. The minimum atomic E-state index is -0.817. The summed E-state index contributed by atoms with van der Waals surface area (Å²) < 4.78 is 1.77. The molecule has 1 atom stereocenters. The molecule has 0 amide bonds. The lowest BCUT2D eigenvalue weighted by atomic mass is 9.73. The molecular formula is C12H23N3O. The number of rotatable bonds is 4. The second-order valence-corrected chi connectivity index (χ2v) is 5.51. The Balaban J connectivity index is 2.65. The Hall–Kier alpha value is -0.870. The van der Waals surface area contributed by atoms with Gasteiger partial charge in [-0.05, 0) is 23.8 Å². The molecule has 92 valence electrons. The Morgan fingerprint density at radius 2 is 2.06 bits per heavy atom. The lowest BCUT2D eigenvalue weighted by molar-refractivity contribution is -0.0559. The van der Waals surface area contributed by atoms with E-state index < -0.39 is 5.60 Å². The van der Waals surface area contributed by atoms with E-state index >= 15 is 0 Å². The number of aliphatic hydroxyl groups is 1. The Morgan fingerprint density at radius 3 is 2.44 bits per heavy atom. The average Bonchev–Trinajstić information content (AvgIpc) is 2.59. The summed E-state index contributed by atoms with van der Waals surface area (Å²) in [5.74, 6) is 0. The summed E-state index contributed by atoms with van der Waals surface area (Å²) >= 11 is 0. The third kappa shape index (κ3) is 2.83. The molecule has 16 heavy (non-hydrogen) atoms. The molecule has 0 bridgehead atoms. The van der Waals surface area contributed by atoms with Crippen LogP contribution in [0.2, 0.25) is 0 Å². The quantitative estimate of drug-likeness (QED) is 0.806. The minimum absolute atomic E-state index is 0.204. The van der Waals surface area contributed by atoms with Crippen LogP contribution in [0, 0.1) is 5.41 Å². The van der Waals surface area contributed by atoms with Gasteiger partial charge in [-0.3, -0.25) is 4.68 Å². The fraction of sp³-hybridized carbons (Fsp3) is 0.750. The highest BCUT2D eigenvalue weighted by Crippen LogP contribution is 2.33. The van der Waals surface area contributed by atoms with Crippen molar-refractivity contribution < 1.29 is 5.11 Å². The van der Waals surface area contributed by atoms with E-state index in [1.807, 2.05) is 40.2 Å². The van der Waals surface area contributed by atoms with Gasteiger partial charge in [0.25, 0.3) is 0 Å². The highest BCUT2D eigenvalue weighted by molar-refractivity contribution is 5.06. The van der Waals surface area contributed by atoms with Crippen LogP contribution in [0.25, 0.3) is 0 Å². The van der Waals surface area contributed by atoms with Gasteiger partial charge in [-0.25, -0.2) is 0 Å². The van der Waals surface area contributed by atoms with E-state index in [-0.39, 0.29) is 12.0 Å². The molecule has 1 aromatic rings. The minimum Gasteiger partial charge on any atom is -0.388 e. The molecule has 0 aliphatic rings. The van der Waals surface area contributed by atoms with Gasteiger partial charge < -0.3 is 10.8 Å². The van der Waals surface area contributed by atoms with E-state index in [0.29, 0.717) is 6.42 Å². The second-order valence-electron chi connectivity index (χ2n) is 5.51. The van der Waals surface area contributed by atoms with Crippen molar-refractivity contribution in [3.8, 4) is 0 Å². The first-order valence-electron chi connectivity index (χ1n) is 5.68. The van der Waals surface area contributed by atoms with Crippen LogP contribution in [-0.2, 0) is 13.5 Å². The molecule has 1 aromatic heterocycles. The van der Waals surface area contributed by atoms with E-state index in [1.165, 1.54) is 0 Å². The highest BCUT2D eigenvalue weighted by atomic mass is 16.3. The summed E-state index contributed by atoms with van der Waals surface area (Å²) in [5.41, 5.74) is 5.81. The summed E-state index contributed by atoms with van der Waals surface area (Å²) in [5, 5.41) is 14.6. The molecule has 4 nitrogen and oxygen atoms in total. The largest absolute Gasteiger partial charge is 0.388 e. The van der Waals surface area contributed by atoms with Crippen LogP contribution < -0.4 is 5.73 Å². The third-order valence-corrected chi connectivity index (χ3v) is 3.32. The first-order chi connectivity index (χ1) is 7.28. The fourth-order valence-electron chi connectivity index (χ4n) is 1.74. The third-order valence-electron chi connectivity index (χ3n) is 3.32. The van der Waals surface area contributed by atoms with Crippen LogP contribution in [0.3, 0.4) is 0 Å². The maximum absolute atomic E-state index is 10.5. The zero-order chi connectivity index (χ0) is 12.4. The van der Waals surface area contributed by atoms with Crippen molar-refractivity contribution in [3.63, 3.8) is 0 Å². The van der Waals surface area contributed by atoms with Crippen LogP contribution in [0.15, 0.2) is 12.4 Å². The molecule has 1 unspecified atom stereocenters. The predicted octanol–water partition coefficient (Wildman–Crippen LogP) is 1.09. The molecule has 0 saturated carbocycles. The van der Waals surface area contributed by atoms with E-state index in [4.69, 9.17) is 5.73 Å². The molecule has 3 N–H and O–H groups in total. The molecule has 1 heterocycles. The Bertz CT molecular complexity index is 340. The number of hydrogen-bond donors (Lipinski definition) is 2. The molecule has 0 radical (unpaired) electrons. The zero-order valence-corrected chi connectivity index (χ0v) is 10.7. The van der Waals surface area contributed by atoms with Gasteiger partial charge in [-0.15, -0.1) is 0 Å². The standard InChI is InChI=1S/C12H23N3O/c1-11(2,3)12(16,9-13)6-5-10-7-14-15(4)8-10/h7-8,16H,5-6,9,13H2,1-4H3. The maximum Gasteiger partial charge on any atom is 0.0820 e. The van der Waals surface area contributed by atoms with Crippen LogP contribution in [0.5, 0.6) is 0 Å². The first kappa shape index (κ1) is 13.2. The first-order valence-corrected chi connectivity index (χ1v) is 5.68. The van der Waals surface area contributed by atoms with Gasteiger partial charge in [0.05, 0.1) is 11.8 Å². The van der Waals surface area contributed by atoms with Crippen LogP contribution in [0.4, 0.5) is 0 Å². The lowest BCUT2D eigenvalue weighted by Crippen LogP contribution is -2.49. The zero-order valence-electron chi connectivity index (χ0n) is 10.7. The van der Waals surface area contributed by atoms with Gasteiger partial charge in [0.15, 0.2) is 0 Å². The number of nitrogens with two attached hydrogens (primary N) is 1.